The lowest BCUT2D eigenvalue weighted by Crippen LogP contribution is -2.49. The summed E-state index contributed by atoms with van der Waals surface area (Å²) < 4.78 is 4.92. The van der Waals surface area contributed by atoms with Crippen molar-refractivity contribution in [2.75, 3.05) is 0 Å². The van der Waals surface area contributed by atoms with Crippen LogP contribution in [0.1, 0.15) is 20.8 Å². The van der Waals surface area contributed by atoms with E-state index in [0.29, 0.717) is 5.75 Å². The van der Waals surface area contributed by atoms with Gasteiger partial charge in [0.25, 0.3) is 5.69 Å². The number of hydrogen-bond donors (Lipinski definition) is 0. The molecule has 1 rings (SSSR count). The topological polar surface area (TPSA) is 52.4 Å². The summed E-state index contributed by atoms with van der Waals surface area (Å²) in [7, 11) is 1.52. The van der Waals surface area contributed by atoms with Gasteiger partial charge in [0.1, 0.15) is 12.9 Å². The van der Waals surface area contributed by atoms with Gasteiger partial charge in [0.05, 0.1) is 19.1 Å². The largest absolute Gasteiger partial charge is 0.490 e. The normalized spacial score (nSPS) is 12.3. The Labute approximate surface area is 109 Å². The molecule has 0 atom stereocenters. The zero-order valence-corrected chi connectivity index (χ0v) is 12.6. The summed E-state index contributed by atoms with van der Waals surface area (Å²) in [6.45, 7) is 10.9. The molecule has 0 aromatic heterocycles. The molecule has 0 heterocycles. The molecule has 0 aliphatic carbocycles. The molecule has 0 aliphatic heterocycles. The van der Waals surface area contributed by atoms with E-state index in [2.05, 4.69) is 41.0 Å². The van der Waals surface area contributed by atoms with Gasteiger partial charge in [-0.15, -0.1) is 0 Å². The van der Waals surface area contributed by atoms with E-state index >= 15 is 0 Å². The van der Waals surface area contributed by atoms with Gasteiger partial charge in [0.15, 0.2) is 0 Å². The van der Waals surface area contributed by atoms with Gasteiger partial charge < -0.3 is 4.74 Å². The quantitative estimate of drug-likeness (QED) is 0.478. The molecule has 0 spiro atoms. The summed E-state index contributed by atoms with van der Waals surface area (Å²) in [5, 5.41) is 12.1. The minimum Gasteiger partial charge on any atom is -0.490 e. The standard InChI is InChI=1S/C13H20NO3Si/c1-13(2,3)18(5,6)12-8-10(14(15)16)7-11(9-12)17-4/h7-9H,4H2,1-3,5-6H3. The predicted octanol–water partition coefficient (Wildman–Crippen LogP) is 3.48. The summed E-state index contributed by atoms with van der Waals surface area (Å²) in [5.74, 6) is 0.448. The van der Waals surface area contributed by atoms with Crippen LogP contribution in [0.4, 0.5) is 5.69 Å². The summed E-state index contributed by atoms with van der Waals surface area (Å²) in [4.78, 5) is 10.6. The van der Waals surface area contributed by atoms with Gasteiger partial charge in [-0.25, -0.2) is 0 Å². The van der Waals surface area contributed by atoms with E-state index in [1.807, 2.05) is 6.07 Å². The van der Waals surface area contributed by atoms with E-state index in [9.17, 15) is 10.1 Å². The highest BCUT2D eigenvalue weighted by atomic mass is 28.3. The van der Waals surface area contributed by atoms with E-state index in [4.69, 9.17) is 4.74 Å². The highest BCUT2D eigenvalue weighted by Crippen LogP contribution is 2.36. The molecule has 1 radical (unpaired) electrons. The Kier molecular flexibility index (Phi) is 3.86. The Balaban J connectivity index is 3.41. The molecule has 4 nitrogen and oxygen atoms in total. The van der Waals surface area contributed by atoms with Crippen LogP contribution in [0, 0.1) is 17.2 Å². The second-order valence-electron chi connectivity index (χ2n) is 5.99. The number of nitro benzene ring substituents is 1. The molecule has 0 saturated heterocycles. The molecule has 0 bridgehead atoms. The Hall–Kier alpha value is -1.36. The highest BCUT2D eigenvalue weighted by Gasteiger charge is 2.37. The average Bonchev–Trinajstić information content (AvgIpc) is 2.26. The van der Waals surface area contributed by atoms with Gasteiger partial charge in [-0.2, -0.15) is 0 Å². The number of non-ortho nitro benzene ring substituents is 1. The molecular weight excluding hydrogens is 246 g/mol. The maximum Gasteiger partial charge on any atom is 0.273 e. The Morgan fingerprint density at radius 3 is 2.22 bits per heavy atom. The SMILES string of the molecule is [CH2]Oc1cc([N+](=O)[O-])cc([Si](C)(C)C(C)(C)C)c1. The number of hydrogen-bond acceptors (Lipinski definition) is 3. The fourth-order valence-corrected chi connectivity index (χ4v) is 3.44. The van der Waals surface area contributed by atoms with Crippen molar-refractivity contribution in [2.24, 2.45) is 0 Å². The van der Waals surface area contributed by atoms with Crippen molar-refractivity contribution >= 4 is 18.9 Å². The molecule has 0 unspecified atom stereocenters. The Morgan fingerprint density at radius 1 is 1.28 bits per heavy atom. The number of rotatable bonds is 3. The van der Waals surface area contributed by atoms with Crippen molar-refractivity contribution in [2.45, 2.75) is 38.9 Å². The van der Waals surface area contributed by atoms with Crippen molar-refractivity contribution in [3.63, 3.8) is 0 Å². The van der Waals surface area contributed by atoms with Gasteiger partial charge in [-0.1, -0.05) is 33.9 Å². The van der Waals surface area contributed by atoms with E-state index in [1.54, 1.807) is 6.07 Å². The molecule has 0 N–H and O–H groups in total. The van der Waals surface area contributed by atoms with Crippen LogP contribution in [-0.2, 0) is 0 Å². The number of nitrogens with zero attached hydrogens (tertiary/aromatic N) is 1. The lowest BCUT2D eigenvalue weighted by atomic mass is 10.2. The first kappa shape index (κ1) is 14.7. The summed E-state index contributed by atoms with van der Waals surface area (Å²) in [5.41, 5.74) is 0.0657. The first-order chi connectivity index (χ1) is 8.09. The Bertz CT molecular complexity index is 464. The minimum atomic E-state index is -1.82. The molecule has 0 amide bonds. The van der Waals surface area contributed by atoms with Crippen molar-refractivity contribution in [3.05, 3.63) is 35.4 Å². The Morgan fingerprint density at radius 2 is 1.83 bits per heavy atom. The van der Waals surface area contributed by atoms with Crippen LogP contribution in [0.25, 0.3) is 0 Å². The van der Waals surface area contributed by atoms with Crippen LogP contribution >= 0.6 is 0 Å². The van der Waals surface area contributed by atoms with E-state index in [1.165, 1.54) is 6.07 Å². The van der Waals surface area contributed by atoms with E-state index in [0.717, 1.165) is 5.19 Å². The summed E-state index contributed by atoms with van der Waals surface area (Å²) in [6.07, 6.45) is 0. The number of nitro groups is 1. The van der Waals surface area contributed by atoms with Crippen molar-refractivity contribution in [3.8, 4) is 5.75 Å². The first-order valence-electron chi connectivity index (χ1n) is 5.81. The molecule has 0 aliphatic rings. The van der Waals surface area contributed by atoms with Crippen LogP contribution in [0.15, 0.2) is 18.2 Å². The second kappa shape index (κ2) is 4.72. The molecule has 1 aromatic carbocycles. The molecule has 5 heteroatoms. The smallest absolute Gasteiger partial charge is 0.273 e. The van der Waals surface area contributed by atoms with Crippen LogP contribution in [0.2, 0.25) is 18.1 Å². The van der Waals surface area contributed by atoms with Gasteiger partial charge in [0, 0.05) is 6.07 Å². The highest BCUT2D eigenvalue weighted by molar-refractivity contribution is 6.92. The molecule has 99 valence electrons. The van der Waals surface area contributed by atoms with Crippen molar-refractivity contribution in [1.29, 1.82) is 0 Å². The number of benzene rings is 1. The van der Waals surface area contributed by atoms with Gasteiger partial charge in [-0.05, 0) is 16.3 Å². The third-order valence-corrected chi connectivity index (χ3v) is 9.35. The van der Waals surface area contributed by atoms with E-state index in [-0.39, 0.29) is 15.6 Å². The summed E-state index contributed by atoms with van der Waals surface area (Å²) >= 11 is 0. The predicted molar refractivity (Wildman–Crippen MR) is 75.9 cm³/mol. The fourth-order valence-electron chi connectivity index (χ4n) is 1.57. The van der Waals surface area contributed by atoms with Crippen LogP contribution in [0.5, 0.6) is 5.75 Å². The average molecular weight is 266 g/mol. The van der Waals surface area contributed by atoms with Crippen LogP contribution in [-0.4, -0.2) is 13.0 Å². The third kappa shape index (κ3) is 2.72. The van der Waals surface area contributed by atoms with Crippen LogP contribution in [0.3, 0.4) is 0 Å². The van der Waals surface area contributed by atoms with Gasteiger partial charge in [0.2, 0.25) is 0 Å². The first-order valence-corrected chi connectivity index (χ1v) is 8.81. The van der Waals surface area contributed by atoms with Gasteiger partial charge >= 0.3 is 0 Å². The van der Waals surface area contributed by atoms with E-state index < -0.39 is 8.07 Å². The lowest BCUT2D eigenvalue weighted by Gasteiger charge is -2.37. The van der Waals surface area contributed by atoms with Crippen molar-refractivity contribution < 1.29 is 9.66 Å². The second-order valence-corrected chi connectivity index (χ2v) is 11.3. The molecular formula is C13H20NO3Si. The van der Waals surface area contributed by atoms with Crippen molar-refractivity contribution in [1.82, 2.24) is 0 Å². The minimum absolute atomic E-state index is 0.0657. The zero-order valence-electron chi connectivity index (χ0n) is 11.6. The molecule has 0 fully saturated rings. The van der Waals surface area contributed by atoms with Crippen LogP contribution < -0.4 is 9.92 Å². The zero-order chi connectivity index (χ0) is 14.1. The molecule has 0 saturated carbocycles. The van der Waals surface area contributed by atoms with Gasteiger partial charge in [-0.3, -0.25) is 10.1 Å². The molecule has 18 heavy (non-hydrogen) atoms. The molecule has 1 aromatic rings. The fraction of sp³-hybridized carbons (Fsp3) is 0.462. The monoisotopic (exact) mass is 266 g/mol. The lowest BCUT2D eigenvalue weighted by molar-refractivity contribution is -0.384. The number of ether oxygens (including phenoxy) is 1. The summed E-state index contributed by atoms with van der Waals surface area (Å²) in [6, 6.07) is 4.95. The third-order valence-electron chi connectivity index (χ3n) is 3.87. The maximum absolute atomic E-state index is 10.9. The maximum atomic E-state index is 10.9.